The van der Waals surface area contributed by atoms with Crippen LogP contribution in [0, 0.1) is 0 Å². The van der Waals surface area contributed by atoms with Crippen molar-refractivity contribution in [2.75, 3.05) is 17.3 Å². The Morgan fingerprint density at radius 2 is 2.25 bits per heavy atom. The van der Waals surface area contributed by atoms with Crippen molar-refractivity contribution < 1.29 is 14.7 Å². The first kappa shape index (κ1) is 10.8. The number of carbonyl (C=O) groups is 2. The van der Waals surface area contributed by atoms with Crippen molar-refractivity contribution >= 4 is 29.3 Å². The molecule has 0 unspecified atom stereocenters. The molecule has 84 valence electrons. The van der Waals surface area contributed by atoms with Crippen molar-refractivity contribution in [3.05, 3.63) is 23.8 Å². The molecule has 5 nitrogen and oxygen atoms in total. The maximum Gasteiger partial charge on any atom is 0.323 e. The van der Waals surface area contributed by atoms with E-state index in [1.807, 2.05) is 0 Å². The number of hydrogen-bond acceptors (Lipinski definition) is 4. The van der Waals surface area contributed by atoms with Gasteiger partial charge in [0.15, 0.2) is 0 Å². The molecule has 2 rings (SSSR count). The van der Waals surface area contributed by atoms with Crippen LogP contribution >= 0.6 is 11.8 Å². The maximum atomic E-state index is 11.0. The topological polar surface area (TPSA) is 83.6 Å². The molecule has 0 fully saturated rings. The highest BCUT2D eigenvalue weighted by Gasteiger charge is 2.22. The highest BCUT2D eigenvalue weighted by Crippen LogP contribution is 2.38. The summed E-state index contributed by atoms with van der Waals surface area (Å²) in [6.45, 7) is -0.0318. The number of nitrogens with zero attached hydrogens (tertiary/aromatic N) is 1. The summed E-state index contributed by atoms with van der Waals surface area (Å²) < 4.78 is 0. The highest BCUT2D eigenvalue weighted by molar-refractivity contribution is 7.99. The first-order chi connectivity index (χ1) is 7.58. The van der Waals surface area contributed by atoms with Crippen molar-refractivity contribution in [2.45, 2.75) is 4.90 Å². The van der Waals surface area contributed by atoms with Gasteiger partial charge in [-0.2, -0.15) is 0 Å². The normalized spacial score (nSPS) is 13.6. The first-order valence-corrected chi connectivity index (χ1v) is 5.60. The molecule has 0 radical (unpaired) electrons. The summed E-state index contributed by atoms with van der Waals surface area (Å²) >= 11 is 1.50. The molecule has 0 aliphatic carbocycles. The van der Waals surface area contributed by atoms with Crippen LogP contribution in [-0.4, -0.2) is 29.4 Å². The molecule has 0 saturated heterocycles. The van der Waals surface area contributed by atoms with Gasteiger partial charge in [-0.1, -0.05) is 0 Å². The Labute approximate surface area is 96.2 Å². The summed E-state index contributed by atoms with van der Waals surface area (Å²) in [5.74, 6) is -0.753. The average Bonchev–Trinajstić information content (AvgIpc) is 2.60. The van der Waals surface area contributed by atoms with Gasteiger partial charge in [-0.05, 0) is 18.2 Å². The predicted octanol–water partition coefficient (Wildman–Crippen LogP) is 0.740. The summed E-state index contributed by atoms with van der Waals surface area (Å²) in [6.07, 6.45) is 0. The molecule has 16 heavy (non-hydrogen) atoms. The largest absolute Gasteiger partial charge is 0.480 e. The van der Waals surface area contributed by atoms with E-state index in [9.17, 15) is 9.59 Å². The lowest BCUT2D eigenvalue weighted by molar-refractivity contribution is -0.135. The predicted molar refractivity (Wildman–Crippen MR) is 60.7 cm³/mol. The maximum absolute atomic E-state index is 11.0. The second-order valence-electron chi connectivity index (χ2n) is 3.41. The lowest BCUT2D eigenvalue weighted by Gasteiger charge is -2.15. The Balaban J connectivity index is 2.28. The number of hydrogen-bond donors (Lipinski definition) is 2. The SMILES string of the molecule is NC(=O)c1ccc2c(c1)SCN2CC(=O)O. The van der Waals surface area contributed by atoms with Gasteiger partial charge in [0.1, 0.15) is 6.54 Å². The van der Waals surface area contributed by atoms with Gasteiger partial charge in [0.05, 0.1) is 11.6 Å². The Bertz CT molecular complexity index is 461. The number of primary amides is 1. The zero-order valence-corrected chi connectivity index (χ0v) is 9.16. The van der Waals surface area contributed by atoms with Crippen molar-refractivity contribution in [2.24, 2.45) is 5.73 Å². The molecule has 1 aliphatic rings. The van der Waals surface area contributed by atoms with Crippen molar-refractivity contribution in [3.8, 4) is 0 Å². The minimum absolute atomic E-state index is 0.0318. The quantitative estimate of drug-likeness (QED) is 0.811. The Hall–Kier alpha value is -1.69. The van der Waals surface area contributed by atoms with E-state index in [2.05, 4.69) is 0 Å². The molecule has 0 aromatic heterocycles. The van der Waals surface area contributed by atoms with Gasteiger partial charge in [-0.15, -0.1) is 11.8 Å². The molecule has 1 amide bonds. The smallest absolute Gasteiger partial charge is 0.323 e. The fraction of sp³-hybridized carbons (Fsp3) is 0.200. The van der Waals surface area contributed by atoms with E-state index in [1.165, 1.54) is 11.8 Å². The molecule has 1 aliphatic heterocycles. The third kappa shape index (κ3) is 1.96. The molecular weight excluding hydrogens is 228 g/mol. The minimum Gasteiger partial charge on any atom is -0.480 e. The van der Waals surface area contributed by atoms with E-state index in [0.29, 0.717) is 11.4 Å². The van der Waals surface area contributed by atoms with Crippen LogP contribution in [0.15, 0.2) is 23.1 Å². The molecule has 1 aromatic carbocycles. The highest BCUT2D eigenvalue weighted by atomic mass is 32.2. The third-order valence-electron chi connectivity index (χ3n) is 2.29. The molecule has 0 saturated carbocycles. The zero-order chi connectivity index (χ0) is 11.7. The van der Waals surface area contributed by atoms with E-state index >= 15 is 0 Å². The second kappa shape index (κ2) is 4.05. The summed E-state index contributed by atoms with van der Waals surface area (Å²) in [6, 6.07) is 5.05. The van der Waals surface area contributed by atoms with E-state index in [-0.39, 0.29) is 6.54 Å². The van der Waals surface area contributed by atoms with Crippen LogP contribution in [0.3, 0.4) is 0 Å². The van der Waals surface area contributed by atoms with Crippen molar-refractivity contribution in [1.82, 2.24) is 0 Å². The molecule has 0 atom stereocenters. The Morgan fingerprint density at radius 1 is 1.50 bits per heavy atom. The molecule has 0 spiro atoms. The Kier molecular flexibility index (Phi) is 2.74. The number of anilines is 1. The molecule has 0 bridgehead atoms. The van der Waals surface area contributed by atoms with E-state index in [0.717, 1.165) is 10.6 Å². The van der Waals surface area contributed by atoms with Gasteiger partial charge in [0, 0.05) is 10.5 Å². The number of nitrogens with two attached hydrogens (primary N) is 1. The molecular formula is C10H10N2O3S. The number of carboxylic acids is 1. The number of carbonyl (C=O) groups excluding carboxylic acids is 1. The van der Waals surface area contributed by atoms with Crippen molar-refractivity contribution in [1.29, 1.82) is 0 Å². The van der Waals surface area contributed by atoms with Crippen LogP contribution in [0.5, 0.6) is 0 Å². The number of aliphatic carboxylic acids is 1. The summed E-state index contributed by atoms with van der Waals surface area (Å²) in [5.41, 5.74) is 6.46. The third-order valence-corrected chi connectivity index (χ3v) is 3.37. The fourth-order valence-electron chi connectivity index (χ4n) is 1.56. The summed E-state index contributed by atoms with van der Waals surface area (Å²) in [7, 11) is 0. The summed E-state index contributed by atoms with van der Waals surface area (Å²) in [4.78, 5) is 24.2. The average molecular weight is 238 g/mol. The number of amides is 1. The summed E-state index contributed by atoms with van der Waals surface area (Å²) in [5, 5.41) is 8.72. The van der Waals surface area contributed by atoms with Crippen LogP contribution in [0.2, 0.25) is 0 Å². The standard InChI is InChI=1S/C10H10N2O3S/c11-10(15)6-1-2-7-8(3-6)16-5-12(7)4-9(13)14/h1-3H,4-5H2,(H2,11,15)(H,13,14). The number of benzene rings is 1. The van der Waals surface area contributed by atoms with Gasteiger partial charge in [-0.25, -0.2) is 0 Å². The number of carboxylic acid groups (broad SMARTS) is 1. The van der Waals surface area contributed by atoms with Crippen LogP contribution < -0.4 is 10.6 Å². The number of fused-ring (bicyclic) bond motifs is 1. The van der Waals surface area contributed by atoms with E-state index in [4.69, 9.17) is 10.8 Å². The van der Waals surface area contributed by atoms with Gasteiger partial charge in [0.2, 0.25) is 5.91 Å². The molecule has 3 N–H and O–H groups in total. The zero-order valence-electron chi connectivity index (χ0n) is 8.34. The van der Waals surface area contributed by atoms with Gasteiger partial charge < -0.3 is 15.7 Å². The lowest BCUT2D eigenvalue weighted by atomic mass is 10.2. The monoisotopic (exact) mass is 238 g/mol. The molecule has 6 heteroatoms. The number of thioether (sulfide) groups is 1. The van der Waals surface area contributed by atoms with E-state index < -0.39 is 11.9 Å². The van der Waals surface area contributed by atoms with E-state index in [1.54, 1.807) is 23.1 Å². The lowest BCUT2D eigenvalue weighted by Crippen LogP contribution is -2.26. The number of rotatable bonds is 3. The van der Waals surface area contributed by atoms with Gasteiger partial charge in [0.25, 0.3) is 0 Å². The van der Waals surface area contributed by atoms with Crippen LogP contribution in [-0.2, 0) is 4.79 Å². The minimum atomic E-state index is -0.868. The molecule has 1 aromatic rings. The van der Waals surface area contributed by atoms with Crippen molar-refractivity contribution in [3.63, 3.8) is 0 Å². The van der Waals surface area contributed by atoms with Crippen LogP contribution in [0.1, 0.15) is 10.4 Å². The van der Waals surface area contributed by atoms with Gasteiger partial charge >= 0.3 is 5.97 Å². The Morgan fingerprint density at radius 3 is 2.88 bits per heavy atom. The van der Waals surface area contributed by atoms with Crippen LogP contribution in [0.25, 0.3) is 0 Å². The van der Waals surface area contributed by atoms with Gasteiger partial charge in [-0.3, -0.25) is 9.59 Å². The first-order valence-electron chi connectivity index (χ1n) is 4.61. The fourth-order valence-corrected chi connectivity index (χ4v) is 2.64. The molecule has 1 heterocycles. The van der Waals surface area contributed by atoms with Crippen LogP contribution in [0.4, 0.5) is 5.69 Å². The second-order valence-corrected chi connectivity index (χ2v) is 4.40.